The molecule has 0 saturated heterocycles. The third kappa shape index (κ3) is 3.54. The zero-order valence-corrected chi connectivity index (χ0v) is 12.2. The summed E-state index contributed by atoms with van der Waals surface area (Å²) in [6, 6.07) is 4.90. The van der Waals surface area contributed by atoms with Gasteiger partial charge in [0.2, 0.25) is 0 Å². The highest BCUT2D eigenvalue weighted by molar-refractivity contribution is 9.10. The van der Waals surface area contributed by atoms with Crippen LogP contribution in [0.15, 0.2) is 29.0 Å². The first-order valence-electron chi connectivity index (χ1n) is 5.51. The minimum absolute atomic E-state index is 0.240. The van der Waals surface area contributed by atoms with Gasteiger partial charge in [0.25, 0.3) is 0 Å². The highest BCUT2D eigenvalue weighted by atomic mass is 79.9. The molecule has 1 heterocycles. The van der Waals surface area contributed by atoms with E-state index in [9.17, 15) is 4.39 Å². The number of halogens is 3. The van der Waals surface area contributed by atoms with Gasteiger partial charge in [-0.25, -0.2) is 14.4 Å². The summed E-state index contributed by atoms with van der Waals surface area (Å²) in [6.07, 6.45) is 2.05. The lowest BCUT2D eigenvalue weighted by molar-refractivity contribution is 0.620. The molecule has 0 aliphatic rings. The molecule has 0 bridgehead atoms. The number of aromatic nitrogens is 2. The summed E-state index contributed by atoms with van der Waals surface area (Å²) in [4.78, 5) is 7.77. The Labute approximate surface area is 123 Å². The number of nitrogens with two attached hydrogens (primary N) is 1. The average Bonchev–Trinajstić information content (AvgIpc) is 2.39. The number of hydrogen-bond acceptors (Lipinski definition) is 4. The van der Waals surface area contributed by atoms with E-state index in [0.717, 1.165) is 5.56 Å². The predicted molar refractivity (Wildman–Crippen MR) is 77.7 cm³/mol. The van der Waals surface area contributed by atoms with Crippen molar-refractivity contribution in [1.29, 1.82) is 0 Å². The van der Waals surface area contributed by atoms with Crippen LogP contribution in [-0.2, 0) is 6.42 Å². The Hall–Kier alpha value is -1.40. The first kappa shape index (κ1) is 14.0. The van der Waals surface area contributed by atoms with Gasteiger partial charge in [0.05, 0.1) is 4.47 Å². The predicted octanol–water partition coefficient (Wildman–Crippen LogP) is 3.27. The van der Waals surface area contributed by atoms with Crippen LogP contribution in [0.25, 0.3) is 0 Å². The monoisotopic (exact) mass is 344 g/mol. The number of nitrogen functional groups attached to an aromatic ring is 1. The molecule has 19 heavy (non-hydrogen) atoms. The van der Waals surface area contributed by atoms with Crippen molar-refractivity contribution in [2.45, 2.75) is 6.42 Å². The summed E-state index contributed by atoms with van der Waals surface area (Å²) in [5.74, 6) is 0.461. The third-order valence-corrected chi connectivity index (χ3v) is 3.49. The molecule has 100 valence electrons. The van der Waals surface area contributed by atoms with Crippen LogP contribution in [0.1, 0.15) is 5.56 Å². The second kappa shape index (κ2) is 6.16. The van der Waals surface area contributed by atoms with Crippen molar-refractivity contribution in [1.82, 2.24) is 9.97 Å². The van der Waals surface area contributed by atoms with Crippen molar-refractivity contribution < 1.29 is 4.39 Å². The molecular formula is C12H11BrClFN4. The normalized spacial score (nSPS) is 10.5. The molecule has 0 fully saturated rings. The Bertz CT molecular complexity index is 594. The minimum atomic E-state index is -0.275. The standard InChI is InChI=1S/C12H11BrClFN4/c13-8-5-7(1-2-9(8)15)3-4-17-12-10(14)11(16)18-6-19-12/h1-2,5-6H,3-4H2,(H3,16,17,18,19). The van der Waals surface area contributed by atoms with Gasteiger partial charge in [0.1, 0.15) is 28.8 Å². The third-order valence-electron chi connectivity index (χ3n) is 2.51. The number of nitrogens with zero attached hydrogens (tertiary/aromatic N) is 2. The fourth-order valence-electron chi connectivity index (χ4n) is 1.53. The topological polar surface area (TPSA) is 63.8 Å². The fourth-order valence-corrected chi connectivity index (χ4v) is 2.12. The van der Waals surface area contributed by atoms with Crippen LogP contribution < -0.4 is 11.1 Å². The Morgan fingerprint density at radius 1 is 1.37 bits per heavy atom. The molecule has 0 saturated carbocycles. The molecule has 0 unspecified atom stereocenters. The maximum absolute atomic E-state index is 13.1. The van der Waals surface area contributed by atoms with Crippen LogP contribution in [0, 0.1) is 5.82 Å². The van der Waals surface area contributed by atoms with Crippen molar-refractivity contribution in [2.75, 3.05) is 17.6 Å². The van der Waals surface area contributed by atoms with Gasteiger partial charge in [0, 0.05) is 6.54 Å². The quantitative estimate of drug-likeness (QED) is 0.892. The smallest absolute Gasteiger partial charge is 0.150 e. The second-order valence-corrected chi connectivity index (χ2v) is 5.08. The fraction of sp³-hybridized carbons (Fsp3) is 0.167. The molecule has 0 atom stereocenters. The molecule has 4 nitrogen and oxygen atoms in total. The number of nitrogens with one attached hydrogen (secondary N) is 1. The zero-order valence-electron chi connectivity index (χ0n) is 9.83. The molecule has 1 aromatic heterocycles. The van der Waals surface area contributed by atoms with E-state index < -0.39 is 0 Å². The summed E-state index contributed by atoms with van der Waals surface area (Å²) in [5.41, 5.74) is 6.57. The highest BCUT2D eigenvalue weighted by Gasteiger charge is 2.06. The highest BCUT2D eigenvalue weighted by Crippen LogP contribution is 2.23. The van der Waals surface area contributed by atoms with Crippen LogP contribution in [0.4, 0.5) is 16.0 Å². The number of hydrogen-bond donors (Lipinski definition) is 2. The van der Waals surface area contributed by atoms with Crippen molar-refractivity contribution in [3.63, 3.8) is 0 Å². The number of rotatable bonds is 4. The Balaban J connectivity index is 1.96. The van der Waals surface area contributed by atoms with E-state index >= 15 is 0 Å². The Kier molecular flexibility index (Phi) is 4.55. The summed E-state index contributed by atoms with van der Waals surface area (Å²) in [7, 11) is 0. The van der Waals surface area contributed by atoms with Crippen molar-refractivity contribution in [2.24, 2.45) is 0 Å². The molecule has 1 aromatic carbocycles. The van der Waals surface area contributed by atoms with E-state index in [0.29, 0.717) is 28.3 Å². The first-order valence-corrected chi connectivity index (χ1v) is 6.69. The maximum atomic E-state index is 13.1. The molecule has 0 aliphatic carbocycles. The van der Waals surface area contributed by atoms with Crippen LogP contribution in [0.5, 0.6) is 0 Å². The summed E-state index contributed by atoms with van der Waals surface area (Å²) in [5, 5.41) is 3.37. The molecule has 2 rings (SSSR count). The van der Waals surface area contributed by atoms with Gasteiger partial charge in [-0.1, -0.05) is 17.7 Å². The van der Waals surface area contributed by atoms with E-state index in [-0.39, 0.29) is 11.6 Å². The molecule has 3 N–H and O–H groups in total. The zero-order chi connectivity index (χ0) is 13.8. The van der Waals surface area contributed by atoms with E-state index in [1.807, 2.05) is 0 Å². The lowest BCUT2D eigenvalue weighted by Crippen LogP contribution is -2.08. The molecular weight excluding hydrogens is 335 g/mol. The average molecular weight is 346 g/mol. The molecule has 0 radical (unpaired) electrons. The van der Waals surface area contributed by atoms with Gasteiger partial charge >= 0.3 is 0 Å². The van der Waals surface area contributed by atoms with Crippen LogP contribution in [-0.4, -0.2) is 16.5 Å². The molecule has 2 aromatic rings. The second-order valence-electron chi connectivity index (χ2n) is 3.85. The molecule has 0 aliphatic heterocycles. The van der Waals surface area contributed by atoms with E-state index in [1.165, 1.54) is 12.4 Å². The Morgan fingerprint density at radius 2 is 2.16 bits per heavy atom. The van der Waals surface area contributed by atoms with Gasteiger partial charge in [-0.2, -0.15) is 0 Å². The van der Waals surface area contributed by atoms with Crippen LogP contribution in [0.2, 0.25) is 5.02 Å². The summed E-state index contributed by atoms with van der Waals surface area (Å²) >= 11 is 9.10. The lowest BCUT2D eigenvalue weighted by atomic mass is 10.1. The summed E-state index contributed by atoms with van der Waals surface area (Å²) in [6.45, 7) is 0.605. The van der Waals surface area contributed by atoms with Gasteiger partial charge in [-0.15, -0.1) is 0 Å². The molecule has 7 heteroatoms. The first-order chi connectivity index (χ1) is 9.08. The van der Waals surface area contributed by atoms with Crippen LogP contribution >= 0.6 is 27.5 Å². The number of anilines is 2. The van der Waals surface area contributed by atoms with Crippen LogP contribution in [0.3, 0.4) is 0 Å². The molecule has 0 spiro atoms. The van der Waals surface area contributed by atoms with Gasteiger partial charge < -0.3 is 11.1 Å². The van der Waals surface area contributed by atoms with E-state index in [2.05, 4.69) is 31.2 Å². The van der Waals surface area contributed by atoms with Crippen molar-refractivity contribution >= 4 is 39.2 Å². The van der Waals surface area contributed by atoms with Crippen molar-refractivity contribution in [3.8, 4) is 0 Å². The maximum Gasteiger partial charge on any atom is 0.150 e. The summed E-state index contributed by atoms with van der Waals surface area (Å²) < 4.78 is 13.5. The lowest BCUT2D eigenvalue weighted by Gasteiger charge is -2.08. The minimum Gasteiger partial charge on any atom is -0.382 e. The van der Waals surface area contributed by atoms with E-state index in [1.54, 1.807) is 12.1 Å². The SMILES string of the molecule is Nc1ncnc(NCCc2ccc(F)c(Br)c2)c1Cl. The Morgan fingerprint density at radius 3 is 2.89 bits per heavy atom. The largest absolute Gasteiger partial charge is 0.382 e. The van der Waals surface area contributed by atoms with Gasteiger partial charge in [0.15, 0.2) is 0 Å². The van der Waals surface area contributed by atoms with Gasteiger partial charge in [-0.05, 0) is 40.0 Å². The number of benzene rings is 1. The molecule has 0 amide bonds. The van der Waals surface area contributed by atoms with E-state index in [4.69, 9.17) is 17.3 Å². The van der Waals surface area contributed by atoms with Crippen molar-refractivity contribution in [3.05, 3.63) is 45.4 Å². The van der Waals surface area contributed by atoms with Gasteiger partial charge in [-0.3, -0.25) is 0 Å².